The average molecular weight is 404 g/mol. The lowest BCUT2D eigenvalue weighted by atomic mass is 10.0. The zero-order valence-electron chi connectivity index (χ0n) is 17.5. The van der Waals surface area contributed by atoms with E-state index in [1.165, 1.54) is 0 Å². The van der Waals surface area contributed by atoms with Gasteiger partial charge in [0.15, 0.2) is 0 Å². The highest BCUT2D eigenvalue weighted by molar-refractivity contribution is 5.89. The zero-order chi connectivity index (χ0) is 21.0. The molecule has 8 nitrogen and oxygen atoms in total. The van der Waals surface area contributed by atoms with Crippen LogP contribution in [-0.4, -0.2) is 42.9 Å². The summed E-state index contributed by atoms with van der Waals surface area (Å²) in [4.78, 5) is 21.0. The van der Waals surface area contributed by atoms with E-state index < -0.39 is 0 Å². The molecule has 0 bridgehead atoms. The highest BCUT2D eigenvalue weighted by atomic mass is 16.5. The van der Waals surface area contributed by atoms with Gasteiger partial charge in [-0.3, -0.25) is 9.48 Å². The van der Waals surface area contributed by atoms with Crippen molar-refractivity contribution in [1.29, 1.82) is 0 Å². The summed E-state index contributed by atoms with van der Waals surface area (Å²) in [7, 11) is 3.88. The molecule has 8 heteroatoms. The Hall–Kier alpha value is -3.42. The van der Waals surface area contributed by atoms with Gasteiger partial charge in [-0.05, 0) is 32.0 Å². The molecule has 0 saturated carbocycles. The van der Waals surface area contributed by atoms with Crippen molar-refractivity contribution in [1.82, 2.24) is 29.6 Å². The van der Waals surface area contributed by atoms with Crippen LogP contribution in [0.4, 0.5) is 0 Å². The highest BCUT2D eigenvalue weighted by Crippen LogP contribution is 2.32. The van der Waals surface area contributed by atoms with E-state index in [9.17, 15) is 4.79 Å². The van der Waals surface area contributed by atoms with Crippen LogP contribution in [0.2, 0.25) is 0 Å². The summed E-state index contributed by atoms with van der Waals surface area (Å²) in [6.45, 7) is 4.63. The number of amides is 1. The molecule has 4 aromatic rings. The van der Waals surface area contributed by atoms with E-state index in [4.69, 9.17) is 9.72 Å². The second-order valence-electron chi connectivity index (χ2n) is 8.07. The van der Waals surface area contributed by atoms with Crippen LogP contribution < -0.4 is 10.1 Å². The molecule has 30 heavy (non-hydrogen) atoms. The first-order chi connectivity index (χ1) is 14.4. The molecule has 3 aromatic heterocycles. The summed E-state index contributed by atoms with van der Waals surface area (Å²) in [5.41, 5.74) is 5.53. The standard InChI is InChI=1S/C22H24N6O2/c1-12-16-7-14(5-6-19(16)28(4)26-12)17-9-18-21(27(3)11-24-18)22(25-17)30-13(2)15-8-20(29)23-10-15/h5-7,9,11,13,15H,8,10H2,1-4H3,(H,23,29)/t13-,15?/m1/s1. The molecule has 0 aliphatic carbocycles. The fourth-order valence-corrected chi connectivity index (χ4v) is 4.20. The summed E-state index contributed by atoms with van der Waals surface area (Å²) in [5, 5.41) is 8.49. The number of carbonyl (C=O) groups is 1. The van der Waals surface area contributed by atoms with E-state index in [-0.39, 0.29) is 17.9 Å². The van der Waals surface area contributed by atoms with Crippen molar-refractivity contribution < 1.29 is 9.53 Å². The van der Waals surface area contributed by atoms with Crippen molar-refractivity contribution in [3.63, 3.8) is 0 Å². The van der Waals surface area contributed by atoms with Crippen LogP contribution in [-0.2, 0) is 18.9 Å². The maximum atomic E-state index is 11.6. The van der Waals surface area contributed by atoms with E-state index in [2.05, 4.69) is 27.5 Å². The van der Waals surface area contributed by atoms with Gasteiger partial charge in [0.2, 0.25) is 11.8 Å². The maximum absolute atomic E-state index is 11.6. The number of nitrogens with one attached hydrogen (secondary N) is 1. The number of rotatable bonds is 4. The third-order valence-corrected chi connectivity index (χ3v) is 5.96. The van der Waals surface area contributed by atoms with Crippen LogP contribution >= 0.6 is 0 Å². The van der Waals surface area contributed by atoms with Crippen LogP contribution in [0.3, 0.4) is 0 Å². The second-order valence-corrected chi connectivity index (χ2v) is 8.07. The molecule has 1 aromatic carbocycles. The predicted octanol–water partition coefficient (Wildman–Crippen LogP) is 2.73. The molecule has 4 heterocycles. The summed E-state index contributed by atoms with van der Waals surface area (Å²) in [6.07, 6.45) is 2.10. The largest absolute Gasteiger partial charge is 0.473 e. The van der Waals surface area contributed by atoms with Gasteiger partial charge in [0, 0.05) is 43.9 Å². The van der Waals surface area contributed by atoms with Crippen molar-refractivity contribution >= 4 is 27.8 Å². The molecule has 1 unspecified atom stereocenters. The number of ether oxygens (including phenoxy) is 1. The number of fused-ring (bicyclic) bond motifs is 2. The first-order valence-corrected chi connectivity index (χ1v) is 10.1. The fraction of sp³-hybridized carbons (Fsp3) is 0.364. The van der Waals surface area contributed by atoms with Gasteiger partial charge in [-0.25, -0.2) is 9.97 Å². The summed E-state index contributed by atoms with van der Waals surface area (Å²) < 4.78 is 10.1. The molecule has 1 aliphatic rings. The van der Waals surface area contributed by atoms with E-state index in [1.807, 2.05) is 49.3 Å². The Labute approximate surface area is 173 Å². The molecule has 0 spiro atoms. The number of benzene rings is 1. The molecule has 1 fully saturated rings. The lowest BCUT2D eigenvalue weighted by Crippen LogP contribution is -2.26. The molecule has 1 saturated heterocycles. The number of hydrogen-bond donors (Lipinski definition) is 1. The van der Waals surface area contributed by atoms with Gasteiger partial charge in [-0.1, -0.05) is 6.07 Å². The summed E-state index contributed by atoms with van der Waals surface area (Å²) in [6, 6.07) is 8.21. The SMILES string of the molecule is Cc1nn(C)c2ccc(-c3cc4ncn(C)c4c(O[C@H](C)C4CNC(=O)C4)n3)cc12. The molecular formula is C22H24N6O2. The van der Waals surface area contributed by atoms with Crippen LogP contribution in [0.1, 0.15) is 19.0 Å². The number of nitrogens with zero attached hydrogens (tertiary/aromatic N) is 5. The number of carbonyl (C=O) groups excluding carboxylic acids is 1. The number of imidazole rings is 1. The Bertz CT molecular complexity index is 1290. The molecule has 154 valence electrons. The van der Waals surface area contributed by atoms with Crippen molar-refractivity contribution in [3.05, 3.63) is 36.3 Å². The van der Waals surface area contributed by atoms with Crippen molar-refractivity contribution in [3.8, 4) is 17.1 Å². The van der Waals surface area contributed by atoms with Crippen LogP contribution in [0.5, 0.6) is 5.88 Å². The van der Waals surface area contributed by atoms with Crippen molar-refractivity contribution in [2.24, 2.45) is 20.0 Å². The van der Waals surface area contributed by atoms with Crippen LogP contribution in [0, 0.1) is 12.8 Å². The minimum atomic E-state index is -0.146. The Morgan fingerprint density at radius 3 is 2.87 bits per heavy atom. The number of pyridine rings is 1. The van der Waals surface area contributed by atoms with Gasteiger partial charge in [0.25, 0.3) is 0 Å². The number of aromatic nitrogens is 5. The van der Waals surface area contributed by atoms with Gasteiger partial charge in [0.05, 0.1) is 28.7 Å². The highest BCUT2D eigenvalue weighted by Gasteiger charge is 2.29. The van der Waals surface area contributed by atoms with E-state index in [0.717, 1.165) is 38.9 Å². The minimum Gasteiger partial charge on any atom is -0.473 e. The number of hydrogen-bond acceptors (Lipinski definition) is 5. The topological polar surface area (TPSA) is 86.9 Å². The second kappa shape index (κ2) is 6.83. The quantitative estimate of drug-likeness (QED) is 0.565. The predicted molar refractivity (Wildman–Crippen MR) is 114 cm³/mol. The molecule has 1 N–H and O–H groups in total. The fourth-order valence-electron chi connectivity index (χ4n) is 4.20. The molecular weight excluding hydrogens is 380 g/mol. The summed E-state index contributed by atoms with van der Waals surface area (Å²) >= 11 is 0. The first-order valence-electron chi connectivity index (χ1n) is 10.1. The van der Waals surface area contributed by atoms with E-state index in [0.29, 0.717) is 18.8 Å². The molecule has 2 atom stereocenters. The van der Waals surface area contributed by atoms with Gasteiger partial charge >= 0.3 is 0 Å². The molecule has 1 amide bonds. The Kier molecular flexibility index (Phi) is 4.23. The lowest BCUT2D eigenvalue weighted by Gasteiger charge is -2.20. The normalized spacial score (nSPS) is 17.6. The first kappa shape index (κ1) is 18.6. The summed E-state index contributed by atoms with van der Waals surface area (Å²) in [5.74, 6) is 0.737. The molecule has 1 aliphatic heterocycles. The van der Waals surface area contributed by atoms with Crippen LogP contribution in [0.15, 0.2) is 30.6 Å². The van der Waals surface area contributed by atoms with Crippen molar-refractivity contribution in [2.75, 3.05) is 6.54 Å². The molecule has 5 rings (SSSR count). The number of aryl methyl sites for hydroxylation is 3. The Morgan fingerprint density at radius 1 is 1.27 bits per heavy atom. The Morgan fingerprint density at radius 2 is 2.10 bits per heavy atom. The van der Waals surface area contributed by atoms with E-state index in [1.54, 1.807) is 6.33 Å². The lowest BCUT2D eigenvalue weighted by molar-refractivity contribution is -0.119. The third kappa shape index (κ3) is 2.99. The maximum Gasteiger partial charge on any atom is 0.241 e. The smallest absolute Gasteiger partial charge is 0.241 e. The average Bonchev–Trinajstić information content (AvgIpc) is 3.40. The van der Waals surface area contributed by atoms with E-state index >= 15 is 0 Å². The monoisotopic (exact) mass is 404 g/mol. The third-order valence-electron chi connectivity index (χ3n) is 5.96. The van der Waals surface area contributed by atoms with Crippen molar-refractivity contribution in [2.45, 2.75) is 26.4 Å². The Balaban J connectivity index is 1.58. The minimum absolute atomic E-state index is 0.0722. The van der Waals surface area contributed by atoms with Crippen LogP contribution in [0.25, 0.3) is 33.2 Å². The van der Waals surface area contributed by atoms with Gasteiger partial charge in [-0.2, -0.15) is 5.10 Å². The van der Waals surface area contributed by atoms with Gasteiger partial charge in [0.1, 0.15) is 11.6 Å². The molecule has 0 radical (unpaired) electrons. The zero-order valence-corrected chi connectivity index (χ0v) is 17.5. The van der Waals surface area contributed by atoms with Gasteiger partial charge < -0.3 is 14.6 Å². The van der Waals surface area contributed by atoms with Gasteiger partial charge in [-0.15, -0.1) is 0 Å².